The van der Waals surface area contributed by atoms with Gasteiger partial charge in [0.05, 0.1) is 0 Å². The molecule has 0 aromatic heterocycles. The van der Waals surface area contributed by atoms with E-state index in [4.69, 9.17) is 0 Å². The van der Waals surface area contributed by atoms with Crippen LogP contribution >= 0.6 is 0 Å². The Balaban J connectivity index is 2.04. The lowest BCUT2D eigenvalue weighted by Gasteiger charge is -2.38. The van der Waals surface area contributed by atoms with Crippen LogP contribution in [-0.4, -0.2) is 72.7 Å². The van der Waals surface area contributed by atoms with E-state index in [2.05, 4.69) is 15.1 Å². The largest absolute Gasteiger partial charge is 0.480 e. The molecule has 2 aliphatic heterocycles. The molecule has 0 bridgehead atoms. The molecule has 2 rings (SSSR count). The molecule has 2 unspecified atom stereocenters. The van der Waals surface area contributed by atoms with Gasteiger partial charge in [0.15, 0.2) is 0 Å². The zero-order valence-electron chi connectivity index (χ0n) is 11.5. The maximum Gasteiger partial charge on any atom is 0.325 e. The van der Waals surface area contributed by atoms with Gasteiger partial charge in [-0.05, 0) is 39.9 Å². The lowest BCUT2D eigenvalue weighted by atomic mass is 9.85. The Morgan fingerprint density at radius 1 is 1.44 bits per heavy atom. The normalized spacial score (nSPS) is 32.7. The number of piperidine rings is 1. The van der Waals surface area contributed by atoms with Crippen LogP contribution in [0.2, 0.25) is 0 Å². The van der Waals surface area contributed by atoms with Crippen LogP contribution in [0.3, 0.4) is 0 Å². The number of hydrogen-bond donors (Lipinski definition) is 2. The molecule has 0 spiro atoms. The first kappa shape index (κ1) is 13.8. The molecule has 0 saturated carbocycles. The molecule has 2 saturated heterocycles. The van der Waals surface area contributed by atoms with E-state index < -0.39 is 11.5 Å². The molecule has 2 N–H and O–H groups in total. The van der Waals surface area contributed by atoms with Crippen molar-refractivity contribution in [2.24, 2.45) is 0 Å². The molecule has 5 heteroatoms. The SMILES string of the molecule is CN(C)CCNC1(C(=O)O)CCN2CCCCC21. The van der Waals surface area contributed by atoms with Crippen molar-refractivity contribution in [3.8, 4) is 0 Å². The van der Waals surface area contributed by atoms with Crippen molar-refractivity contribution >= 4 is 5.97 Å². The van der Waals surface area contributed by atoms with Gasteiger partial charge in [-0.25, -0.2) is 0 Å². The second-order valence-electron chi connectivity index (χ2n) is 5.80. The summed E-state index contributed by atoms with van der Waals surface area (Å²) in [7, 11) is 4.02. The van der Waals surface area contributed by atoms with E-state index in [0.29, 0.717) is 0 Å². The van der Waals surface area contributed by atoms with Crippen LogP contribution < -0.4 is 5.32 Å². The second-order valence-corrected chi connectivity index (χ2v) is 5.80. The van der Waals surface area contributed by atoms with Gasteiger partial charge >= 0.3 is 5.97 Å². The predicted octanol–water partition coefficient (Wildman–Crippen LogP) is 0.219. The first-order valence-corrected chi connectivity index (χ1v) is 6.93. The van der Waals surface area contributed by atoms with Crippen LogP contribution in [0.25, 0.3) is 0 Å². The van der Waals surface area contributed by atoms with Crippen LogP contribution in [0, 0.1) is 0 Å². The second kappa shape index (κ2) is 5.55. The van der Waals surface area contributed by atoms with Crippen LogP contribution in [0.1, 0.15) is 25.7 Å². The third kappa shape index (κ3) is 2.53. The van der Waals surface area contributed by atoms with Crippen molar-refractivity contribution in [3.05, 3.63) is 0 Å². The molecule has 2 heterocycles. The van der Waals surface area contributed by atoms with E-state index in [0.717, 1.165) is 45.4 Å². The van der Waals surface area contributed by atoms with Crippen molar-refractivity contribution in [2.45, 2.75) is 37.3 Å². The zero-order chi connectivity index (χ0) is 13.2. The van der Waals surface area contributed by atoms with Crippen molar-refractivity contribution in [3.63, 3.8) is 0 Å². The summed E-state index contributed by atoms with van der Waals surface area (Å²) in [5, 5.41) is 13.0. The number of carboxylic acids is 1. The van der Waals surface area contributed by atoms with Crippen molar-refractivity contribution in [2.75, 3.05) is 40.3 Å². The number of nitrogens with zero attached hydrogens (tertiary/aromatic N) is 2. The van der Waals surface area contributed by atoms with Gasteiger partial charge in [0.1, 0.15) is 5.54 Å². The quantitative estimate of drug-likeness (QED) is 0.736. The predicted molar refractivity (Wildman–Crippen MR) is 70.8 cm³/mol. The van der Waals surface area contributed by atoms with Crippen molar-refractivity contribution in [1.82, 2.24) is 15.1 Å². The summed E-state index contributed by atoms with van der Waals surface area (Å²) in [5.74, 6) is -0.671. The fourth-order valence-corrected chi connectivity index (χ4v) is 3.34. The highest BCUT2D eigenvalue weighted by Gasteiger charge is 2.52. The molecule has 0 amide bonds. The molecular weight excluding hydrogens is 230 g/mol. The van der Waals surface area contributed by atoms with Gasteiger partial charge in [0, 0.05) is 25.7 Å². The lowest BCUT2D eigenvalue weighted by Crippen LogP contribution is -2.61. The number of carbonyl (C=O) groups is 1. The first-order valence-electron chi connectivity index (χ1n) is 6.93. The molecule has 2 aliphatic rings. The summed E-state index contributed by atoms with van der Waals surface area (Å²) in [6.07, 6.45) is 4.12. The van der Waals surface area contributed by atoms with Crippen molar-refractivity contribution < 1.29 is 9.90 Å². The molecule has 0 aromatic rings. The van der Waals surface area contributed by atoms with E-state index >= 15 is 0 Å². The minimum absolute atomic E-state index is 0.186. The summed E-state index contributed by atoms with van der Waals surface area (Å²) in [4.78, 5) is 16.2. The highest BCUT2D eigenvalue weighted by atomic mass is 16.4. The standard InChI is InChI=1S/C13H25N3O2/c1-15(2)10-7-14-13(12(17)18)6-9-16-8-4-3-5-11(13)16/h11,14H,3-10H2,1-2H3,(H,17,18). The Labute approximate surface area is 109 Å². The van der Waals surface area contributed by atoms with Crippen LogP contribution in [0.15, 0.2) is 0 Å². The third-order valence-electron chi connectivity index (χ3n) is 4.36. The maximum absolute atomic E-state index is 11.8. The average Bonchev–Trinajstić information content (AvgIpc) is 2.69. The fraction of sp³-hybridized carbons (Fsp3) is 0.923. The first-order chi connectivity index (χ1) is 8.56. The fourth-order valence-electron chi connectivity index (χ4n) is 3.34. The molecular formula is C13H25N3O2. The Kier molecular flexibility index (Phi) is 4.25. The van der Waals surface area contributed by atoms with Gasteiger partial charge < -0.3 is 10.0 Å². The van der Waals surface area contributed by atoms with Crippen LogP contribution in [0.4, 0.5) is 0 Å². The van der Waals surface area contributed by atoms with E-state index in [-0.39, 0.29) is 6.04 Å². The summed E-state index contributed by atoms with van der Waals surface area (Å²) >= 11 is 0. The summed E-state index contributed by atoms with van der Waals surface area (Å²) in [6, 6.07) is 0.186. The van der Waals surface area contributed by atoms with Crippen LogP contribution in [-0.2, 0) is 4.79 Å². The molecule has 18 heavy (non-hydrogen) atoms. The van der Waals surface area contributed by atoms with E-state index in [1.165, 1.54) is 6.42 Å². The molecule has 0 aromatic carbocycles. The number of hydrogen-bond acceptors (Lipinski definition) is 4. The summed E-state index contributed by atoms with van der Waals surface area (Å²) < 4.78 is 0. The minimum Gasteiger partial charge on any atom is -0.480 e. The molecule has 0 aliphatic carbocycles. The Morgan fingerprint density at radius 2 is 2.22 bits per heavy atom. The average molecular weight is 255 g/mol. The molecule has 2 atom stereocenters. The van der Waals surface area contributed by atoms with Gasteiger partial charge in [-0.1, -0.05) is 6.42 Å². The van der Waals surface area contributed by atoms with Gasteiger partial charge in [0.2, 0.25) is 0 Å². The third-order valence-corrected chi connectivity index (χ3v) is 4.36. The van der Waals surface area contributed by atoms with Gasteiger partial charge in [0.25, 0.3) is 0 Å². The maximum atomic E-state index is 11.8. The molecule has 2 fully saturated rings. The number of aliphatic carboxylic acids is 1. The lowest BCUT2D eigenvalue weighted by molar-refractivity contribution is -0.146. The van der Waals surface area contributed by atoms with Crippen molar-refractivity contribution in [1.29, 1.82) is 0 Å². The van der Waals surface area contributed by atoms with E-state index in [1.807, 2.05) is 14.1 Å². The van der Waals surface area contributed by atoms with Gasteiger partial charge in [-0.2, -0.15) is 0 Å². The Bertz CT molecular complexity index is 309. The van der Waals surface area contributed by atoms with Gasteiger partial charge in [-0.3, -0.25) is 15.0 Å². The molecule has 104 valence electrons. The van der Waals surface area contributed by atoms with E-state index in [9.17, 15) is 9.90 Å². The molecule has 0 radical (unpaired) electrons. The number of nitrogens with one attached hydrogen (secondary N) is 1. The summed E-state index contributed by atoms with van der Waals surface area (Å²) in [6.45, 7) is 3.60. The molecule has 5 nitrogen and oxygen atoms in total. The van der Waals surface area contributed by atoms with Gasteiger partial charge in [-0.15, -0.1) is 0 Å². The van der Waals surface area contributed by atoms with E-state index in [1.54, 1.807) is 0 Å². The van der Waals surface area contributed by atoms with Crippen LogP contribution in [0.5, 0.6) is 0 Å². The smallest absolute Gasteiger partial charge is 0.325 e. The Hall–Kier alpha value is -0.650. The topological polar surface area (TPSA) is 55.8 Å². The highest BCUT2D eigenvalue weighted by Crippen LogP contribution is 2.35. The number of rotatable bonds is 5. The summed E-state index contributed by atoms with van der Waals surface area (Å²) in [5.41, 5.74) is -0.712. The number of likely N-dealkylation sites (N-methyl/N-ethyl adjacent to an activating group) is 1. The highest BCUT2D eigenvalue weighted by molar-refractivity contribution is 5.80. The minimum atomic E-state index is -0.712. The number of fused-ring (bicyclic) bond motifs is 1. The Morgan fingerprint density at radius 3 is 2.89 bits per heavy atom. The number of carboxylic acid groups (broad SMARTS) is 1. The zero-order valence-corrected chi connectivity index (χ0v) is 11.5. The monoisotopic (exact) mass is 255 g/mol.